The number of rotatable bonds is 6. The first-order chi connectivity index (χ1) is 18.2. The van der Waals surface area contributed by atoms with E-state index in [-0.39, 0.29) is 35.5 Å². The van der Waals surface area contributed by atoms with Crippen LogP contribution in [0.5, 0.6) is 5.75 Å². The van der Waals surface area contributed by atoms with Crippen molar-refractivity contribution in [3.63, 3.8) is 0 Å². The highest BCUT2D eigenvalue weighted by Gasteiger charge is 2.57. The number of aromatic hydroxyl groups is 1. The third-order valence-electron chi connectivity index (χ3n) is 8.15. The Kier molecular flexibility index (Phi) is 7.67. The molecule has 38 heavy (non-hydrogen) atoms. The van der Waals surface area contributed by atoms with Crippen LogP contribution in [0.4, 0.5) is 5.69 Å². The molecule has 2 aromatic rings. The molecule has 2 aliphatic heterocycles. The zero-order valence-electron chi connectivity index (χ0n) is 21.9. The van der Waals surface area contributed by atoms with Crippen molar-refractivity contribution in [3.8, 4) is 5.75 Å². The number of benzene rings is 2. The average molecular weight is 578 g/mol. The molecule has 2 aromatic carbocycles. The van der Waals surface area contributed by atoms with Crippen LogP contribution < -0.4 is 4.90 Å². The summed E-state index contributed by atoms with van der Waals surface area (Å²) in [5.41, 5.74) is 4.68. The lowest BCUT2D eigenvalue weighted by Crippen LogP contribution is -2.46. The first-order valence-electron chi connectivity index (χ1n) is 13.3. The number of fused-ring (bicyclic) bond motifs is 3. The van der Waals surface area contributed by atoms with Gasteiger partial charge in [-0.25, -0.2) is 0 Å². The molecule has 6 nitrogen and oxygen atoms in total. The monoisotopic (exact) mass is 577 g/mol. The number of phenolic OH excluding ortho intramolecular Hbond substituents is 1. The average Bonchev–Trinajstić information content (AvgIpc) is 3.14. The number of amides is 2. The first-order valence-corrected chi connectivity index (χ1v) is 14.1. The summed E-state index contributed by atoms with van der Waals surface area (Å²) in [4.78, 5) is 28.7. The number of hydrogen-bond acceptors (Lipinski definition) is 5. The summed E-state index contributed by atoms with van der Waals surface area (Å²) in [6, 6.07) is 14.5. The number of hydrogen-bond donors (Lipinski definition) is 2. The highest BCUT2D eigenvalue weighted by molar-refractivity contribution is 9.10. The minimum absolute atomic E-state index is 0.145. The fourth-order valence-corrected chi connectivity index (χ4v) is 6.80. The van der Waals surface area contributed by atoms with Gasteiger partial charge >= 0.3 is 7.12 Å². The van der Waals surface area contributed by atoms with Gasteiger partial charge < -0.3 is 14.8 Å². The Morgan fingerprint density at radius 2 is 1.89 bits per heavy atom. The topological polar surface area (TPSA) is 87.1 Å². The minimum Gasteiger partial charge on any atom is -0.507 e. The van der Waals surface area contributed by atoms with E-state index in [1.807, 2.05) is 37.3 Å². The van der Waals surface area contributed by atoms with Gasteiger partial charge in [0, 0.05) is 10.0 Å². The fourth-order valence-electron chi connectivity index (χ4n) is 6.42. The summed E-state index contributed by atoms with van der Waals surface area (Å²) < 4.78 is 6.99. The summed E-state index contributed by atoms with van der Waals surface area (Å²) >= 11 is 3.45. The zero-order chi connectivity index (χ0) is 27.1. The molecule has 4 atom stereocenters. The van der Waals surface area contributed by atoms with Crippen LogP contribution in [0, 0.1) is 23.7 Å². The van der Waals surface area contributed by atoms with E-state index < -0.39 is 19.0 Å². The Balaban J connectivity index is 1.44. The van der Waals surface area contributed by atoms with Crippen molar-refractivity contribution in [2.45, 2.75) is 52.5 Å². The third kappa shape index (κ3) is 5.02. The van der Waals surface area contributed by atoms with Gasteiger partial charge in [0.1, 0.15) is 5.75 Å². The number of phenols is 1. The fraction of sp³-hybridized carbons (Fsp3) is 0.400. The zero-order valence-corrected chi connectivity index (χ0v) is 23.5. The van der Waals surface area contributed by atoms with Crippen LogP contribution >= 0.6 is 15.9 Å². The number of imide groups is 1. The summed E-state index contributed by atoms with van der Waals surface area (Å²) in [6.07, 6.45) is 3.81. The second-order valence-corrected chi connectivity index (χ2v) is 11.9. The number of allylic oxidation sites excluding steroid dienone is 2. The molecular weight excluding hydrogens is 545 g/mol. The van der Waals surface area contributed by atoms with Crippen LogP contribution in [0.25, 0.3) is 6.08 Å². The Morgan fingerprint density at radius 1 is 1.16 bits per heavy atom. The van der Waals surface area contributed by atoms with Gasteiger partial charge in [0.25, 0.3) is 0 Å². The lowest BCUT2D eigenvalue weighted by molar-refractivity contribution is -0.122. The van der Waals surface area contributed by atoms with Crippen LogP contribution in [-0.2, 0) is 14.2 Å². The third-order valence-corrected chi connectivity index (χ3v) is 8.64. The van der Waals surface area contributed by atoms with E-state index in [2.05, 4.69) is 29.8 Å². The van der Waals surface area contributed by atoms with Crippen LogP contribution in [0.2, 0.25) is 6.32 Å². The van der Waals surface area contributed by atoms with E-state index in [4.69, 9.17) is 4.65 Å². The molecule has 0 saturated carbocycles. The summed E-state index contributed by atoms with van der Waals surface area (Å²) in [5.74, 6) is -1.05. The molecule has 2 amide bonds. The number of carbonyl (C=O) groups is 2. The standard InChI is InChI=1S/C30H33BBrNO5/c1-17(2)22-15-23-28(30(36)33(29(23)35)21-7-5-4-6-8-21)24-16-31(37)38-26(27(22)24)12-9-18(3)13-19-14-20(32)10-11-25(19)34/h4-8,10-11,13-14,17,23-24,26,28,34,37H,9,12,15-16H2,1-3H3/b18-13+/t23-,24+,26-,28-/m1/s1. The molecular formula is C30H33BBrNO5. The van der Waals surface area contributed by atoms with Crippen molar-refractivity contribution in [1.82, 2.24) is 0 Å². The number of carbonyl (C=O) groups excluding carboxylic acids is 2. The van der Waals surface area contributed by atoms with E-state index >= 15 is 0 Å². The lowest BCUT2D eigenvalue weighted by Gasteiger charge is -2.44. The van der Waals surface area contributed by atoms with Crippen molar-refractivity contribution in [2.24, 2.45) is 23.7 Å². The highest BCUT2D eigenvalue weighted by atomic mass is 79.9. The second kappa shape index (κ2) is 10.8. The molecule has 1 aliphatic carbocycles. The highest BCUT2D eigenvalue weighted by Crippen LogP contribution is 2.52. The molecule has 0 bridgehead atoms. The quantitative estimate of drug-likeness (QED) is 0.250. The molecule has 0 aromatic heterocycles. The number of para-hydroxylation sites is 1. The van der Waals surface area contributed by atoms with Crippen LogP contribution in [0.15, 0.2) is 69.7 Å². The first kappa shape index (κ1) is 26.9. The van der Waals surface area contributed by atoms with E-state index in [1.165, 1.54) is 10.5 Å². The van der Waals surface area contributed by atoms with Crippen molar-refractivity contribution >= 4 is 46.6 Å². The van der Waals surface area contributed by atoms with E-state index in [1.54, 1.807) is 24.3 Å². The maximum absolute atomic E-state index is 13.7. The molecule has 2 heterocycles. The molecule has 5 rings (SSSR count). The summed E-state index contributed by atoms with van der Waals surface area (Å²) in [5, 5.41) is 21.0. The van der Waals surface area contributed by atoms with Crippen molar-refractivity contribution in [1.29, 1.82) is 0 Å². The summed E-state index contributed by atoms with van der Waals surface area (Å²) in [6.45, 7) is 6.26. The van der Waals surface area contributed by atoms with Crippen molar-refractivity contribution in [3.05, 3.63) is 75.3 Å². The SMILES string of the molecule is C/C(=C\c1cc(Br)ccc1O)CC[C@H]1OB(O)C[C@H]2C1=C(C(C)C)C[C@H]1C(=O)N(c3ccccc3)C(=O)[C@H]12. The Bertz CT molecular complexity index is 1310. The van der Waals surface area contributed by atoms with E-state index in [9.17, 15) is 19.7 Å². The van der Waals surface area contributed by atoms with Crippen LogP contribution in [-0.4, -0.2) is 35.2 Å². The van der Waals surface area contributed by atoms with Gasteiger partial charge in [-0.1, -0.05) is 65.2 Å². The molecule has 8 heteroatoms. The molecule has 198 valence electrons. The number of anilines is 1. The largest absolute Gasteiger partial charge is 0.507 e. The molecule has 2 N–H and O–H groups in total. The molecule has 3 aliphatic rings. The molecule has 2 fully saturated rings. The van der Waals surface area contributed by atoms with Crippen LogP contribution in [0.3, 0.4) is 0 Å². The van der Waals surface area contributed by atoms with Gasteiger partial charge in [0.05, 0.1) is 23.6 Å². The normalized spacial score (nSPS) is 25.8. The van der Waals surface area contributed by atoms with Gasteiger partial charge in [0.15, 0.2) is 0 Å². The lowest BCUT2D eigenvalue weighted by atomic mass is 9.57. The van der Waals surface area contributed by atoms with Gasteiger partial charge in [-0.05, 0) is 80.2 Å². The van der Waals surface area contributed by atoms with Crippen molar-refractivity contribution < 1.29 is 24.4 Å². The number of halogens is 1. The van der Waals surface area contributed by atoms with Gasteiger partial charge in [0.2, 0.25) is 11.8 Å². The van der Waals surface area contributed by atoms with E-state index in [0.717, 1.165) is 21.2 Å². The Labute approximate surface area is 232 Å². The molecule has 2 saturated heterocycles. The predicted octanol–water partition coefficient (Wildman–Crippen LogP) is 6.00. The molecule has 0 unspecified atom stereocenters. The van der Waals surface area contributed by atoms with Gasteiger partial charge in [-0.2, -0.15) is 0 Å². The smallest absolute Gasteiger partial charge is 0.455 e. The van der Waals surface area contributed by atoms with Crippen molar-refractivity contribution in [2.75, 3.05) is 4.90 Å². The molecule has 0 spiro atoms. The number of nitrogens with zero attached hydrogens (tertiary/aromatic N) is 1. The predicted molar refractivity (Wildman–Crippen MR) is 152 cm³/mol. The van der Waals surface area contributed by atoms with Gasteiger partial charge in [-0.15, -0.1) is 0 Å². The maximum atomic E-state index is 13.7. The molecule has 0 radical (unpaired) electrons. The van der Waals surface area contributed by atoms with Crippen LogP contribution in [0.1, 0.15) is 45.6 Å². The second-order valence-electron chi connectivity index (χ2n) is 11.0. The maximum Gasteiger partial charge on any atom is 0.455 e. The van der Waals surface area contributed by atoms with Gasteiger partial charge in [-0.3, -0.25) is 14.5 Å². The Morgan fingerprint density at radius 3 is 2.61 bits per heavy atom. The minimum atomic E-state index is -0.993. The summed E-state index contributed by atoms with van der Waals surface area (Å²) in [7, 11) is -0.993. The Hall–Kier alpha value is -2.68. The van der Waals surface area contributed by atoms with E-state index in [0.29, 0.717) is 31.3 Å².